The maximum atomic E-state index is 13.0. The monoisotopic (exact) mass is 439 g/mol. The molecule has 1 aromatic rings. The highest BCUT2D eigenvalue weighted by Gasteiger charge is 2.44. The zero-order valence-corrected chi connectivity index (χ0v) is 18.1. The van der Waals surface area contributed by atoms with E-state index in [1.54, 1.807) is 12.1 Å². The van der Waals surface area contributed by atoms with Crippen LogP contribution >= 0.6 is 0 Å². The van der Waals surface area contributed by atoms with E-state index in [9.17, 15) is 19.2 Å². The van der Waals surface area contributed by atoms with Crippen LogP contribution in [0.25, 0.3) is 0 Å². The molecule has 2 N–H and O–H groups in total. The molecule has 170 valence electrons. The van der Waals surface area contributed by atoms with Gasteiger partial charge in [0.1, 0.15) is 6.04 Å². The van der Waals surface area contributed by atoms with Crippen LogP contribution in [-0.4, -0.2) is 89.7 Å². The average Bonchev–Trinajstić information content (AvgIpc) is 3.05. The fourth-order valence-electron chi connectivity index (χ4n) is 5.36. The Hall–Kier alpha value is -2.62. The number of rotatable bonds is 4. The lowest BCUT2D eigenvalue weighted by atomic mass is 10.0. The standard InChI is InChI=1S/C23H29N5O4/c29-20-4-3-19(21(30)25-20)28-22(31)17-2-1-15(13-18(17)23(28)32)14-26-9-5-16(6-10-26)27-11-7-24-8-12-27/h1-2,13,16,19,24H,3-12,14H2,(H,25,29,30). The van der Waals surface area contributed by atoms with Gasteiger partial charge in [-0.1, -0.05) is 6.07 Å². The molecule has 4 heterocycles. The summed E-state index contributed by atoms with van der Waals surface area (Å²) in [4.78, 5) is 55.5. The van der Waals surface area contributed by atoms with Crippen LogP contribution in [0.1, 0.15) is 52.0 Å². The van der Waals surface area contributed by atoms with Gasteiger partial charge in [-0.2, -0.15) is 0 Å². The topological polar surface area (TPSA) is 102 Å². The molecule has 5 rings (SSSR count). The molecule has 4 amide bonds. The molecule has 3 saturated heterocycles. The fourth-order valence-corrected chi connectivity index (χ4v) is 5.36. The van der Waals surface area contributed by atoms with Gasteiger partial charge in [0, 0.05) is 45.2 Å². The molecular weight excluding hydrogens is 410 g/mol. The molecule has 1 unspecified atom stereocenters. The molecule has 1 atom stereocenters. The minimum absolute atomic E-state index is 0.124. The van der Waals surface area contributed by atoms with Crippen LogP contribution < -0.4 is 10.6 Å². The minimum Gasteiger partial charge on any atom is -0.314 e. The number of benzene rings is 1. The fraction of sp³-hybridized carbons (Fsp3) is 0.565. The van der Waals surface area contributed by atoms with Crippen molar-refractivity contribution in [3.05, 3.63) is 34.9 Å². The zero-order chi connectivity index (χ0) is 22.2. The Kier molecular flexibility index (Phi) is 5.79. The van der Waals surface area contributed by atoms with E-state index < -0.39 is 23.8 Å². The quantitative estimate of drug-likeness (QED) is 0.635. The van der Waals surface area contributed by atoms with Crippen LogP contribution in [0.15, 0.2) is 18.2 Å². The second-order valence-electron chi connectivity index (χ2n) is 9.12. The number of imide groups is 2. The first-order chi connectivity index (χ1) is 15.5. The summed E-state index contributed by atoms with van der Waals surface area (Å²) in [6, 6.07) is 5.12. The summed E-state index contributed by atoms with van der Waals surface area (Å²) in [5, 5.41) is 5.64. The smallest absolute Gasteiger partial charge is 0.262 e. The number of nitrogens with one attached hydrogen (secondary N) is 2. The highest BCUT2D eigenvalue weighted by Crippen LogP contribution is 2.29. The zero-order valence-electron chi connectivity index (χ0n) is 18.1. The number of likely N-dealkylation sites (tertiary alicyclic amines) is 1. The van der Waals surface area contributed by atoms with E-state index >= 15 is 0 Å². The molecule has 0 spiro atoms. The lowest BCUT2D eigenvalue weighted by Crippen LogP contribution is -2.54. The molecule has 1 aromatic carbocycles. The summed E-state index contributed by atoms with van der Waals surface area (Å²) in [5.74, 6) is -1.85. The van der Waals surface area contributed by atoms with Gasteiger partial charge in [0.2, 0.25) is 11.8 Å². The van der Waals surface area contributed by atoms with E-state index in [1.807, 2.05) is 6.07 Å². The average molecular weight is 440 g/mol. The van der Waals surface area contributed by atoms with E-state index in [2.05, 4.69) is 20.4 Å². The van der Waals surface area contributed by atoms with Crippen molar-refractivity contribution in [2.75, 3.05) is 39.3 Å². The molecule has 3 fully saturated rings. The Morgan fingerprint density at radius 3 is 2.31 bits per heavy atom. The van der Waals surface area contributed by atoms with Crippen LogP contribution in [0, 0.1) is 0 Å². The van der Waals surface area contributed by atoms with Crippen molar-refractivity contribution in [1.82, 2.24) is 25.3 Å². The highest BCUT2D eigenvalue weighted by atomic mass is 16.2. The molecule has 4 aliphatic rings. The number of piperidine rings is 2. The predicted molar refractivity (Wildman–Crippen MR) is 116 cm³/mol. The first kappa shape index (κ1) is 21.2. The molecule has 0 radical (unpaired) electrons. The summed E-state index contributed by atoms with van der Waals surface area (Å²) >= 11 is 0. The van der Waals surface area contributed by atoms with Gasteiger partial charge in [0.15, 0.2) is 0 Å². The van der Waals surface area contributed by atoms with E-state index in [-0.39, 0.29) is 18.7 Å². The highest BCUT2D eigenvalue weighted by molar-refractivity contribution is 6.23. The van der Waals surface area contributed by atoms with E-state index in [0.29, 0.717) is 17.2 Å². The lowest BCUT2D eigenvalue weighted by Gasteiger charge is -2.40. The van der Waals surface area contributed by atoms with Gasteiger partial charge < -0.3 is 5.32 Å². The van der Waals surface area contributed by atoms with Gasteiger partial charge in [-0.05, 0) is 50.0 Å². The number of amides is 4. The van der Waals surface area contributed by atoms with E-state index in [0.717, 1.165) is 69.1 Å². The van der Waals surface area contributed by atoms with Gasteiger partial charge >= 0.3 is 0 Å². The molecule has 0 bridgehead atoms. The van der Waals surface area contributed by atoms with E-state index in [1.165, 1.54) is 0 Å². The molecular formula is C23H29N5O4. The minimum atomic E-state index is -0.924. The summed E-state index contributed by atoms with van der Waals surface area (Å²) in [6.45, 7) is 7.14. The normalized spacial score (nSPS) is 25.9. The van der Waals surface area contributed by atoms with Crippen molar-refractivity contribution in [2.45, 2.75) is 44.3 Å². The molecule has 0 aliphatic carbocycles. The molecule has 0 aromatic heterocycles. The largest absolute Gasteiger partial charge is 0.314 e. The summed E-state index contributed by atoms with van der Waals surface area (Å²) < 4.78 is 0. The van der Waals surface area contributed by atoms with Crippen LogP contribution in [0.4, 0.5) is 0 Å². The van der Waals surface area contributed by atoms with Gasteiger partial charge in [-0.15, -0.1) is 0 Å². The third-order valence-corrected chi connectivity index (χ3v) is 7.14. The van der Waals surface area contributed by atoms with E-state index in [4.69, 9.17) is 0 Å². The molecule has 32 heavy (non-hydrogen) atoms. The van der Waals surface area contributed by atoms with Crippen LogP contribution in [0.2, 0.25) is 0 Å². The van der Waals surface area contributed by atoms with Crippen molar-refractivity contribution < 1.29 is 19.2 Å². The summed E-state index contributed by atoms with van der Waals surface area (Å²) in [5.41, 5.74) is 1.68. The number of carbonyl (C=O) groups is 4. The maximum absolute atomic E-state index is 13.0. The SMILES string of the molecule is O=C1CCC(N2C(=O)c3ccc(CN4CCC(N5CCNCC5)CC4)cc3C2=O)C(=O)N1. The third-order valence-electron chi connectivity index (χ3n) is 7.14. The first-order valence-electron chi connectivity index (χ1n) is 11.5. The Morgan fingerprint density at radius 2 is 1.59 bits per heavy atom. The number of piperazine rings is 1. The Morgan fingerprint density at radius 1 is 0.875 bits per heavy atom. The van der Waals surface area contributed by atoms with Gasteiger partial charge in [-0.25, -0.2) is 0 Å². The molecule has 9 nitrogen and oxygen atoms in total. The summed E-state index contributed by atoms with van der Waals surface area (Å²) in [6.07, 6.45) is 2.58. The van der Waals surface area contributed by atoms with Crippen molar-refractivity contribution in [3.8, 4) is 0 Å². The Balaban J connectivity index is 1.23. The van der Waals surface area contributed by atoms with Crippen LogP contribution in [-0.2, 0) is 16.1 Å². The third kappa shape index (κ3) is 3.96. The lowest BCUT2D eigenvalue weighted by molar-refractivity contribution is -0.136. The molecule has 0 saturated carbocycles. The predicted octanol–water partition coefficient (Wildman–Crippen LogP) is -0.0426. The van der Waals surface area contributed by atoms with Crippen molar-refractivity contribution >= 4 is 23.6 Å². The maximum Gasteiger partial charge on any atom is 0.262 e. The van der Waals surface area contributed by atoms with Crippen molar-refractivity contribution in [1.29, 1.82) is 0 Å². The van der Waals surface area contributed by atoms with Crippen molar-refractivity contribution in [3.63, 3.8) is 0 Å². The van der Waals surface area contributed by atoms with Crippen molar-refractivity contribution in [2.24, 2.45) is 0 Å². The Bertz CT molecular complexity index is 950. The van der Waals surface area contributed by atoms with Gasteiger partial charge in [0.05, 0.1) is 11.1 Å². The number of hydrogen-bond acceptors (Lipinski definition) is 7. The number of fused-ring (bicyclic) bond motifs is 1. The van der Waals surface area contributed by atoms with Gasteiger partial charge in [0.25, 0.3) is 11.8 Å². The first-order valence-corrected chi connectivity index (χ1v) is 11.5. The number of nitrogens with zero attached hydrogens (tertiary/aromatic N) is 3. The van der Waals surface area contributed by atoms with Gasteiger partial charge in [-0.3, -0.25) is 39.2 Å². The second-order valence-corrected chi connectivity index (χ2v) is 9.12. The van der Waals surface area contributed by atoms with Crippen LogP contribution in [0.5, 0.6) is 0 Å². The van der Waals surface area contributed by atoms with Crippen LogP contribution in [0.3, 0.4) is 0 Å². The second kappa shape index (κ2) is 8.73. The number of hydrogen-bond donors (Lipinski definition) is 2. The molecule has 4 aliphatic heterocycles. The number of carbonyl (C=O) groups excluding carboxylic acids is 4. The molecule has 9 heteroatoms. The Labute approximate surface area is 187 Å². The summed E-state index contributed by atoms with van der Waals surface area (Å²) in [7, 11) is 0.